The van der Waals surface area contributed by atoms with Crippen molar-refractivity contribution in [2.45, 2.75) is 19.8 Å². The Bertz CT molecular complexity index is 889. The van der Waals surface area contributed by atoms with Crippen molar-refractivity contribution in [3.63, 3.8) is 0 Å². The van der Waals surface area contributed by atoms with Crippen LogP contribution < -0.4 is 20.1 Å². The number of anilines is 1. The summed E-state index contributed by atoms with van der Waals surface area (Å²) in [7, 11) is 2.98. The molecule has 0 bridgehead atoms. The molecule has 2 amide bonds. The van der Waals surface area contributed by atoms with Crippen LogP contribution in [0.15, 0.2) is 36.4 Å². The van der Waals surface area contributed by atoms with Crippen LogP contribution in [-0.2, 0) is 4.74 Å². The molecule has 1 heterocycles. The highest BCUT2D eigenvalue weighted by Crippen LogP contribution is 2.37. The van der Waals surface area contributed by atoms with E-state index in [0.717, 1.165) is 31.6 Å². The standard InChI is InChI=1S/C23H28N2O5/c1-15-4-6-17(7-5-15)23(27)25-19-12-18(13-20(28-2)21(19)29-3)22(26)24-10-8-16-9-11-30-14-16/h4-7,12-13,16H,8-11,14H2,1-3H3,(H,24,26)(H,25,27). The number of methoxy groups -OCH3 is 2. The van der Waals surface area contributed by atoms with Crippen LogP contribution in [0.25, 0.3) is 0 Å². The van der Waals surface area contributed by atoms with Gasteiger partial charge in [0, 0.05) is 30.9 Å². The van der Waals surface area contributed by atoms with Crippen LogP contribution in [-0.4, -0.2) is 45.8 Å². The van der Waals surface area contributed by atoms with Gasteiger partial charge in [0.2, 0.25) is 0 Å². The molecule has 7 nitrogen and oxygen atoms in total. The summed E-state index contributed by atoms with van der Waals surface area (Å²) in [6, 6.07) is 10.4. The zero-order valence-corrected chi connectivity index (χ0v) is 17.6. The second kappa shape index (κ2) is 10.1. The van der Waals surface area contributed by atoms with Gasteiger partial charge in [0.25, 0.3) is 11.8 Å². The number of benzene rings is 2. The molecule has 3 rings (SSSR count). The van der Waals surface area contributed by atoms with Crippen molar-refractivity contribution in [3.8, 4) is 11.5 Å². The maximum Gasteiger partial charge on any atom is 0.255 e. The van der Waals surface area contributed by atoms with Crippen molar-refractivity contribution in [2.75, 3.05) is 39.3 Å². The summed E-state index contributed by atoms with van der Waals surface area (Å²) in [4.78, 5) is 25.4. The van der Waals surface area contributed by atoms with Gasteiger partial charge >= 0.3 is 0 Å². The fourth-order valence-corrected chi connectivity index (χ4v) is 3.39. The van der Waals surface area contributed by atoms with Crippen LogP contribution in [0.2, 0.25) is 0 Å². The summed E-state index contributed by atoms with van der Waals surface area (Å²) in [5, 5.41) is 5.76. The lowest BCUT2D eigenvalue weighted by molar-refractivity contribution is 0.0948. The average Bonchev–Trinajstić information content (AvgIpc) is 3.27. The van der Waals surface area contributed by atoms with Gasteiger partial charge in [0.1, 0.15) is 0 Å². The van der Waals surface area contributed by atoms with Crippen molar-refractivity contribution in [1.82, 2.24) is 5.32 Å². The summed E-state index contributed by atoms with van der Waals surface area (Å²) >= 11 is 0. The minimum atomic E-state index is -0.297. The minimum Gasteiger partial charge on any atom is -0.493 e. The quantitative estimate of drug-likeness (QED) is 0.694. The Balaban J connectivity index is 1.76. The molecule has 1 fully saturated rings. The highest BCUT2D eigenvalue weighted by atomic mass is 16.5. The van der Waals surface area contributed by atoms with Crippen molar-refractivity contribution < 1.29 is 23.8 Å². The SMILES string of the molecule is COc1cc(C(=O)NCCC2CCOC2)cc(NC(=O)c2ccc(C)cc2)c1OC. The van der Waals surface area contributed by atoms with Crippen molar-refractivity contribution in [3.05, 3.63) is 53.1 Å². The number of rotatable bonds is 8. The monoisotopic (exact) mass is 412 g/mol. The smallest absolute Gasteiger partial charge is 0.255 e. The van der Waals surface area contributed by atoms with E-state index in [-0.39, 0.29) is 11.8 Å². The number of hydrogen-bond acceptors (Lipinski definition) is 5. The summed E-state index contributed by atoms with van der Waals surface area (Å²) in [6.07, 6.45) is 1.90. The molecule has 7 heteroatoms. The molecular weight excluding hydrogens is 384 g/mol. The second-order valence-electron chi connectivity index (χ2n) is 7.35. The topological polar surface area (TPSA) is 85.9 Å². The van der Waals surface area contributed by atoms with E-state index in [4.69, 9.17) is 14.2 Å². The molecule has 160 valence electrons. The van der Waals surface area contributed by atoms with Crippen LogP contribution in [0, 0.1) is 12.8 Å². The maximum atomic E-state index is 12.7. The number of nitrogens with one attached hydrogen (secondary N) is 2. The molecule has 0 spiro atoms. The van der Waals surface area contributed by atoms with Gasteiger partial charge in [-0.2, -0.15) is 0 Å². The molecular formula is C23H28N2O5. The Hall–Kier alpha value is -3.06. The predicted molar refractivity (Wildman–Crippen MR) is 115 cm³/mol. The largest absolute Gasteiger partial charge is 0.493 e. The summed E-state index contributed by atoms with van der Waals surface area (Å²) in [6.45, 7) is 4.06. The number of amides is 2. The molecule has 1 atom stereocenters. The lowest BCUT2D eigenvalue weighted by atomic mass is 10.1. The van der Waals surface area contributed by atoms with Gasteiger partial charge in [0.05, 0.1) is 19.9 Å². The Morgan fingerprint density at radius 1 is 1.07 bits per heavy atom. The van der Waals surface area contributed by atoms with E-state index in [2.05, 4.69) is 10.6 Å². The first-order valence-electron chi connectivity index (χ1n) is 10.0. The van der Waals surface area contributed by atoms with Crippen molar-refractivity contribution in [1.29, 1.82) is 0 Å². The molecule has 2 N–H and O–H groups in total. The third kappa shape index (κ3) is 5.30. The van der Waals surface area contributed by atoms with Crippen LogP contribution in [0.3, 0.4) is 0 Å². The summed E-state index contributed by atoms with van der Waals surface area (Å²) in [5.41, 5.74) is 2.33. The fourth-order valence-electron chi connectivity index (χ4n) is 3.39. The van der Waals surface area contributed by atoms with Crippen molar-refractivity contribution >= 4 is 17.5 Å². The van der Waals surface area contributed by atoms with Gasteiger partial charge in [-0.25, -0.2) is 0 Å². The molecule has 1 aliphatic heterocycles. The third-order valence-electron chi connectivity index (χ3n) is 5.17. The fraction of sp³-hybridized carbons (Fsp3) is 0.391. The van der Waals surface area contributed by atoms with E-state index in [0.29, 0.717) is 40.8 Å². The number of hydrogen-bond donors (Lipinski definition) is 2. The molecule has 1 unspecified atom stereocenters. The summed E-state index contributed by atoms with van der Waals surface area (Å²) in [5.74, 6) is 0.682. The molecule has 1 saturated heterocycles. The van der Waals surface area contributed by atoms with E-state index >= 15 is 0 Å². The summed E-state index contributed by atoms with van der Waals surface area (Å²) < 4.78 is 16.2. The molecule has 0 radical (unpaired) electrons. The maximum absolute atomic E-state index is 12.7. The lowest BCUT2D eigenvalue weighted by Crippen LogP contribution is -2.26. The highest BCUT2D eigenvalue weighted by Gasteiger charge is 2.20. The predicted octanol–water partition coefficient (Wildman–Crippen LogP) is 3.42. The van der Waals surface area contributed by atoms with Crippen LogP contribution in [0.5, 0.6) is 11.5 Å². The van der Waals surface area contributed by atoms with E-state index in [9.17, 15) is 9.59 Å². The molecule has 30 heavy (non-hydrogen) atoms. The normalized spacial score (nSPS) is 15.5. The molecule has 0 saturated carbocycles. The van der Waals surface area contributed by atoms with Gasteiger partial charge in [-0.1, -0.05) is 17.7 Å². The zero-order chi connectivity index (χ0) is 21.5. The van der Waals surface area contributed by atoms with Gasteiger partial charge in [-0.3, -0.25) is 9.59 Å². The van der Waals surface area contributed by atoms with E-state index in [1.54, 1.807) is 24.3 Å². The Labute approximate surface area is 176 Å². The average molecular weight is 412 g/mol. The molecule has 1 aliphatic rings. The van der Waals surface area contributed by atoms with Gasteiger partial charge in [-0.05, 0) is 49.9 Å². The zero-order valence-electron chi connectivity index (χ0n) is 17.6. The Kier molecular flexibility index (Phi) is 7.30. The van der Waals surface area contributed by atoms with Crippen LogP contribution >= 0.6 is 0 Å². The first kappa shape index (κ1) is 21.6. The van der Waals surface area contributed by atoms with Crippen LogP contribution in [0.4, 0.5) is 5.69 Å². The van der Waals surface area contributed by atoms with Crippen LogP contribution in [0.1, 0.15) is 39.1 Å². The Morgan fingerprint density at radius 2 is 1.83 bits per heavy atom. The molecule has 2 aromatic rings. The number of aryl methyl sites for hydroxylation is 1. The van der Waals surface area contributed by atoms with Gasteiger partial charge in [0.15, 0.2) is 11.5 Å². The second-order valence-corrected chi connectivity index (χ2v) is 7.35. The van der Waals surface area contributed by atoms with Crippen molar-refractivity contribution in [2.24, 2.45) is 5.92 Å². The van der Waals surface area contributed by atoms with Gasteiger partial charge in [-0.15, -0.1) is 0 Å². The molecule has 0 aromatic heterocycles. The van der Waals surface area contributed by atoms with E-state index < -0.39 is 0 Å². The van der Waals surface area contributed by atoms with E-state index in [1.165, 1.54) is 14.2 Å². The van der Waals surface area contributed by atoms with Gasteiger partial charge < -0.3 is 24.8 Å². The van der Waals surface area contributed by atoms with E-state index in [1.807, 2.05) is 19.1 Å². The number of carbonyl (C=O) groups excluding carboxylic acids is 2. The molecule has 0 aliphatic carbocycles. The number of ether oxygens (including phenoxy) is 3. The molecule has 2 aromatic carbocycles. The highest BCUT2D eigenvalue weighted by molar-refractivity contribution is 6.06. The first-order chi connectivity index (χ1) is 14.5. The minimum absolute atomic E-state index is 0.235. The Morgan fingerprint density at radius 3 is 2.47 bits per heavy atom. The lowest BCUT2D eigenvalue weighted by Gasteiger charge is -2.16. The first-order valence-corrected chi connectivity index (χ1v) is 10.0. The third-order valence-corrected chi connectivity index (χ3v) is 5.17. The number of carbonyl (C=O) groups is 2.